The largest absolute Gasteiger partial charge is 0.396 e. The number of fused-ring (bicyclic) bond motifs is 1. The van der Waals surface area contributed by atoms with Gasteiger partial charge in [-0.2, -0.15) is 0 Å². The van der Waals surface area contributed by atoms with Crippen molar-refractivity contribution in [2.24, 2.45) is 0 Å². The Labute approximate surface area is 128 Å². The van der Waals surface area contributed by atoms with Crippen molar-refractivity contribution in [1.29, 1.82) is 0 Å². The summed E-state index contributed by atoms with van der Waals surface area (Å²) in [4.78, 5) is 0. The third-order valence-electron chi connectivity index (χ3n) is 3.95. The lowest BCUT2D eigenvalue weighted by Crippen LogP contribution is -2.13. The van der Waals surface area contributed by atoms with Gasteiger partial charge in [0.2, 0.25) is 0 Å². The molecule has 2 aromatic rings. The molecular formula is C18H28N2O. The molecule has 0 unspecified atom stereocenters. The van der Waals surface area contributed by atoms with Gasteiger partial charge in [0.25, 0.3) is 0 Å². The standard InChI is InChI=1S/C18H28N2O/c1-2-11-19-15-16-8-7-9-18-17(16)10-13-20(18)12-5-3-4-6-14-21/h7-10,13,19,21H,2-6,11-12,14-15H2,1H3. The SMILES string of the molecule is CCCNCc1cccc2c1ccn2CCCCCCO. The first-order valence-corrected chi connectivity index (χ1v) is 8.25. The predicted octanol–water partition coefficient (Wildman–Crippen LogP) is 3.69. The molecule has 0 spiro atoms. The van der Waals surface area contributed by atoms with E-state index in [0.717, 1.165) is 32.5 Å². The van der Waals surface area contributed by atoms with Crippen LogP contribution >= 0.6 is 0 Å². The van der Waals surface area contributed by atoms with Crippen LogP contribution in [0.15, 0.2) is 30.5 Å². The molecular weight excluding hydrogens is 260 g/mol. The van der Waals surface area contributed by atoms with Crippen molar-refractivity contribution in [2.45, 2.75) is 52.1 Å². The highest BCUT2D eigenvalue weighted by molar-refractivity contribution is 5.83. The minimum absolute atomic E-state index is 0.320. The Balaban J connectivity index is 1.97. The molecule has 3 heteroatoms. The van der Waals surface area contributed by atoms with E-state index in [1.807, 2.05) is 0 Å². The molecule has 0 saturated heterocycles. The van der Waals surface area contributed by atoms with E-state index in [2.05, 4.69) is 47.3 Å². The molecule has 0 bridgehead atoms. The summed E-state index contributed by atoms with van der Waals surface area (Å²) in [5.74, 6) is 0. The van der Waals surface area contributed by atoms with E-state index in [0.29, 0.717) is 6.61 Å². The predicted molar refractivity (Wildman–Crippen MR) is 89.5 cm³/mol. The van der Waals surface area contributed by atoms with Gasteiger partial charge in [-0.25, -0.2) is 0 Å². The Kier molecular flexibility index (Phi) is 6.77. The number of aliphatic hydroxyl groups is 1. The maximum absolute atomic E-state index is 8.80. The van der Waals surface area contributed by atoms with Crippen LogP contribution in [-0.4, -0.2) is 22.8 Å². The summed E-state index contributed by atoms with van der Waals surface area (Å²) in [5, 5.41) is 13.7. The molecule has 0 amide bonds. The van der Waals surface area contributed by atoms with Gasteiger partial charge in [0.05, 0.1) is 0 Å². The van der Waals surface area contributed by atoms with E-state index in [1.54, 1.807) is 0 Å². The molecule has 1 aromatic heterocycles. The lowest BCUT2D eigenvalue weighted by Gasteiger charge is -2.08. The highest BCUT2D eigenvalue weighted by atomic mass is 16.2. The number of nitrogens with zero attached hydrogens (tertiary/aromatic N) is 1. The Morgan fingerprint density at radius 1 is 1.10 bits per heavy atom. The number of nitrogens with one attached hydrogen (secondary N) is 1. The van der Waals surface area contributed by atoms with E-state index in [4.69, 9.17) is 5.11 Å². The van der Waals surface area contributed by atoms with Gasteiger partial charge in [-0.15, -0.1) is 0 Å². The first-order chi connectivity index (χ1) is 10.4. The Bertz CT molecular complexity index is 533. The molecule has 1 heterocycles. The monoisotopic (exact) mass is 288 g/mol. The van der Waals surface area contributed by atoms with E-state index >= 15 is 0 Å². The molecule has 0 fully saturated rings. The third kappa shape index (κ3) is 4.58. The van der Waals surface area contributed by atoms with E-state index < -0.39 is 0 Å². The molecule has 2 N–H and O–H groups in total. The van der Waals surface area contributed by atoms with Gasteiger partial charge >= 0.3 is 0 Å². The molecule has 116 valence electrons. The number of unbranched alkanes of at least 4 members (excludes halogenated alkanes) is 3. The first-order valence-electron chi connectivity index (χ1n) is 8.25. The van der Waals surface area contributed by atoms with Crippen LogP contribution in [0.1, 0.15) is 44.6 Å². The molecule has 1 aromatic carbocycles. The van der Waals surface area contributed by atoms with E-state index in [-0.39, 0.29) is 0 Å². The smallest absolute Gasteiger partial charge is 0.0483 e. The molecule has 0 radical (unpaired) electrons. The molecule has 0 aliphatic heterocycles. The van der Waals surface area contributed by atoms with E-state index in [1.165, 1.54) is 35.7 Å². The molecule has 2 rings (SSSR count). The van der Waals surface area contributed by atoms with Crippen molar-refractivity contribution in [3.8, 4) is 0 Å². The van der Waals surface area contributed by atoms with Gasteiger partial charge in [0, 0.05) is 36.8 Å². The fourth-order valence-corrected chi connectivity index (χ4v) is 2.78. The molecule has 0 aliphatic rings. The van der Waals surface area contributed by atoms with E-state index in [9.17, 15) is 0 Å². The van der Waals surface area contributed by atoms with Crippen LogP contribution < -0.4 is 5.32 Å². The number of aromatic nitrogens is 1. The zero-order valence-electron chi connectivity index (χ0n) is 13.1. The van der Waals surface area contributed by atoms with Crippen molar-refractivity contribution in [1.82, 2.24) is 9.88 Å². The Morgan fingerprint density at radius 3 is 2.76 bits per heavy atom. The van der Waals surface area contributed by atoms with Crippen molar-refractivity contribution < 1.29 is 5.11 Å². The van der Waals surface area contributed by atoms with Gasteiger partial charge in [-0.3, -0.25) is 0 Å². The number of hydrogen-bond donors (Lipinski definition) is 2. The summed E-state index contributed by atoms with van der Waals surface area (Å²) >= 11 is 0. The fraction of sp³-hybridized carbons (Fsp3) is 0.556. The van der Waals surface area contributed by atoms with Crippen molar-refractivity contribution in [3.63, 3.8) is 0 Å². The van der Waals surface area contributed by atoms with Crippen LogP contribution in [0.25, 0.3) is 10.9 Å². The zero-order chi connectivity index (χ0) is 14.9. The molecule has 21 heavy (non-hydrogen) atoms. The Hall–Kier alpha value is -1.32. The van der Waals surface area contributed by atoms with Crippen molar-refractivity contribution >= 4 is 10.9 Å². The highest BCUT2D eigenvalue weighted by Crippen LogP contribution is 2.21. The highest BCUT2D eigenvalue weighted by Gasteiger charge is 2.05. The van der Waals surface area contributed by atoms with Gasteiger partial charge in [0.15, 0.2) is 0 Å². The van der Waals surface area contributed by atoms with Gasteiger partial charge in [0.1, 0.15) is 0 Å². The second-order valence-corrected chi connectivity index (χ2v) is 5.67. The number of aryl methyl sites for hydroxylation is 1. The number of benzene rings is 1. The minimum atomic E-state index is 0.320. The number of rotatable bonds is 10. The fourth-order valence-electron chi connectivity index (χ4n) is 2.78. The van der Waals surface area contributed by atoms with Crippen LogP contribution in [0.5, 0.6) is 0 Å². The van der Waals surface area contributed by atoms with Crippen molar-refractivity contribution in [3.05, 3.63) is 36.0 Å². The zero-order valence-corrected chi connectivity index (χ0v) is 13.1. The summed E-state index contributed by atoms with van der Waals surface area (Å²) in [6.07, 6.45) is 7.81. The van der Waals surface area contributed by atoms with Crippen LogP contribution in [-0.2, 0) is 13.1 Å². The molecule has 0 atom stereocenters. The normalized spacial score (nSPS) is 11.3. The topological polar surface area (TPSA) is 37.2 Å². The Morgan fingerprint density at radius 2 is 1.95 bits per heavy atom. The summed E-state index contributed by atoms with van der Waals surface area (Å²) in [6.45, 7) is 5.61. The molecule has 0 saturated carbocycles. The van der Waals surface area contributed by atoms with Crippen molar-refractivity contribution in [2.75, 3.05) is 13.2 Å². The van der Waals surface area contributed by atoms with Crippen LogP contribution in [0.3, 0.4) is 0 Å². The number of hydrogen-bond acceptors (Lipinski definition) is 2. The number of aliphatic hydroxyl groups excluding tert-OH is 1. The molecule has 3 nitrogen and oxygen atoms in total. The maximum Gasteiger partial charge on any atom is 0.0483 e. The third-order valence-corrected chi connectivity index (χ3v) is 3.95. The lowest BCUT2D eigenvalue weighted by atomic mass is 10.1. The van der Waals surface area contributed by atoms with Gasteiger partial charge < -0.3 is 15.0 Å². The van der Waals surface area contributed by atoms with Gasteiger partial charge in [-0.05, 0) is 43.5 Å². The summed E-state index contributed by atoms with van der Waals surface area (Å²) in [5.41, 5.74) is 2.73. The maximum atomic E-state index is 8.80. The quantitative estimate of drug-likeness (QED) is 0.654. The van der Waals surface area contributed by atoms with Crippen LogP contribution in [0.4, 0.5) is 0 Å². The second-order valence-electron chi connectivity index (χ2n) is 5.67. The lowest BCUT2D eigenvalue weighted by molar-refractivity contribution is 0.282. The average molecular weight is 288 g/mol. The second kappa shape index (κ2) is 8.85. The summed E-state index contributed by atoms with van der Waals surface area (Å²) in [6, 6.07) is 8.84. The summed E-state index contributed by atoms with van der Waals surface area (Å²) < 4.78 is 2.36. The van der Waals surface area contributed by atoms with Crippen LogP contribution in [0.2, 0.25) is 0 Å². The summed E-state index contributed by atoms with van der Waals surface area (Å²) in [7, 11) is 0. The van der Waals surface area contributed by atoms with Crippen LogP contribution in [0, 0.1) is 0 Å². The van der Waals surface area contributed by atoms with Gasteiger partial charge in [-0.1, -0.05) is 31.9 Å². The first kappa shape index (κ1) is 16.1. The average Bonchev–Trinajstić information content (AvgIpc) is 2.91. The minimum Gasteiger partial charge on any atom is -0.396 e. The molecule has 0 aliphatic carbocycles.